The molecule has 2 rings (SSSR count). The minimum absolute atomic E-state index is 0.104. The molecule has 0 amide bonds. The van der Waals surface area contributed by atoms with Crippen LogP contribution in [0.25, 0.3) is 0 Å². The predicted molar refractivity (Wildman–Crippen MR) is 60.3 cm³/mol. The van der Waals surface area contributed by atoms with Gasteiger partial charge in [0.2, 0.25) is 0 Å². The Morgan fingerprint density at radius 3 is 2.72 bits per heavy atom. The highest BCUT2D eigenvalue weighted by Gasteiger charge is 2.43. The minimum Gasteiger partial charge on any atom is -0.472 e. The first-order chi connectivity index (χ1) is 8.52. The summed E-state index contributed by atoms with van der Waals surface area (Å²) in [5, 5.41) is 0. The molecule has 3 unspecified atom stereocenters. The summed E-state index contributed by atoms with van der Waals surface area (Å²) in [4.78, 5) is 0. The molecule has 6 heteroatoms. The SMILES string of the molecule is NNC(c1ccoc1)C1CCCC(C(F)(F)F)C1. The molecule has 1 saturated carbocycles. The molecule has 0 aliphatic heterocycles. The van der Waals surface area contributed by atoms with Gasteiger partial charge in [0.05, 0.1) is 24.5 Å². The number of furan rings is 1. The second-order valence-electron chi connectivity index (χ2n) is 4.87. The van der Waals surface area contributed by atoms with Crippen LogP contribution in [0.2, 0.25) is 0 Å². The fraction of sp³-hybridized carbons (Fsp3) is 0.667. The van der Waals surface area contributed by atoms with Gasteiger partial charge >= 0.3 is 6.18 Å². The van der Waals surface area contributed by atoms with E-state index in [1.54, 1.807) is 6.07 Å². The summed E-state index contributed by atoms with van der Waals surface area (Å²) in [6.45, 7) is 0. The number of hydrogen-bond acceptors (Lipinski definition) is 3. The van der Waals surface area contributed by atoms with E-state index in [0.29, 0.717) is 6.42 Å². The Morgan fingerprint density at radius 1 is 1.39 bits per heavy atom. The molecule has 0 radical (unpaired) electrons. The Hall–Kier alpha value is -1.01. The van der Waals surface area contributed by atoms with Gasteiger partial charge in [-0.1, -0.05) is 6.42 Å². The van der Waals surface area contributed by atoms with Crippen LogP contribution in [-0.4, -0.2) is 6.18 Å². The maximum atomic E-state index is 12.8. The zero-order valence-corrected chi connectivity index (χ0v) is 9.91. The van der Waals surface area contributed by atoms with Gasteiger partial charge in [0.15, 0.2) is 0 Å². The van der Waals surface area contributed by atoms with E-state index in [1.807, 2.05) is 0 Å². The van der Waals surface area contributed by atoms with Crippen LogP contribution < -0.4 is 11.3 Å². The Kier molecular flexibility index (Phi) is 3.97. The molecular formula is C12H17F3N2O. The standard InChI is InChI=1S/C12H17F3N2O/c13-12(14,15)10-3-1-2-8(6-10)11(17-16)9-4-5-18-7-9/h4-5,7-8,10-11,17H,1-3,6,16H2. The fourth-order valence-corrected chi connectivity index (χ4v) is 2.78. The number of nitrogens with one attached hydrogen (secondary N) is 1. The normalized spacial score (nSPS) is 27.1. The highest BCUT2D eigenvalue weighted by atomic mass is 19.4. The molecule has 18 heavy (non-hydrogen) atoms. The minimum atomic E-state index is -4.10. The zero-order valence-electron chi connectivity index (χ0n) is 9.91. The summed E-state index contributed by atoms with van der Waals surface area (Å²) in [5.74, 6) is 4.16. The third-order valence-electron chi connectivity index (χ3n) is 3.73. The highest BCUT2D eigenvalue weighted by molar-refractivity contribution is 5.13. The monoisotopic (exact) mass is 262 g/mol. The molecule has 3 nitrogen and oxygen atoms in total. The van der Waals surface area contributed by atoms with E-state index in [9.17, 15) is 13.2 Å². The second kappa shape index (κ2) is 5.32. The second-order valence-corrected chi connectivity index (χ2v) is 4.87. The number of rotatable bonds is 3. The van der Waals surface area contributed by atoms with Crippen molar-refractivity contribution in [2.75, 3.05) is 0 Å². The Bertz CT molecular complexity index is 364. The molecule has 1 aromatic heterocycles. The first-order valence-electron chi connectivity index (χ1n) is 6.07. The van der Waals surface area contributed by atoms with Crippen molar-refractivity contribution in [3.63, 3.8) is 0 Å². The van der Waals surface area contributed by atoms with Gasteiger partial charge in [-0.05, 0) is 31.2 Å². The molecule has 1 aliphatic carbocycles. The molecule has 0 bridgehead atoms. The average Bonchev–Trinajstić information content (AvgIpc) is 2.83. The van der Waals surface area contributed by atoms with Crippen molar-refractivity contribution >= 4 is 0 Å². The van der Waals surface area contributed by atoms with Gasteiger partial charge in [0.25, 0.3) is 0 Å². The molecule has 1 fully saturated rings. The lowest BCUT2D eigenvalue weighted by Crippen LogP contribution is -2.38. The van der Waals surface area contributed by atoms with Gasteiger partial charge in [-0.15, -0.1) is 0 Å². The molecular weight excluding hydrogens is 245 g/mol. The fourth-order valence-electron chi connectivity index (χ4n) is 2.78. The first-order valence-corrected chi connectivity index (χ1v) is 6.07. The molecule has 3 N–H and O–H groups in total. The summed E-state index contributed by atoms with van der Waals surface area (Å²) in [6, 6.07) is 1.47. The van der Waals surface area contributed by atoms with Crippen molar-refractivity contribution in [3.05, 3.63) is 24.2 Å². The molecule has 1 heterocycles. The van der Waals surface area contributed by atoms with Crippen LogP contribution in [0.1, 0.15) is 37.3 Å². The number of nitrogens with two attached hydrogens (primary N) is 1. The quantitative estimate of drug-likeness (QED) is 0.650. The van der Waals surface area contributed by atoms with Crippen molar-refractivity contribution in [2.24, 2.45) is 17.7 Å². The van der Waals surface area contributed by atoms with Gasteiger partial charge in [-0.25, -0.2) is 0 Å². The number of hydrazine groups is 1. The lowest BCUT2D eigenvalue weighted by atomic mass is 9.76. The Labute approximate surface area is 103 Å². The number of hydrogen-bond donors (Lipinski definition) is 2. The smallest absolute Gasteiger partial charge is 0.391 e. The first kappa shape index (κ1) is 13.4. The van der Waals surface area contributed by atoms with Crippen molar-refractivity contribution in [1.29, 1.82) is 0 Å². The summed E-state index contributed by atoms with van der Waals surface area (Å²) >= 11 is 0. The van der Waals surface area contributed by atoms with Crippen LogP contribution in [-0.2, 0) is 0 Å². The van der Waals surface area contributed by atoms with Gasteiger partial charge in [0.1, 0.15) is 0 Å². The molecule has 0 aromatic carbocycles. The van der Waals surface area contributed by atoms with E-state index < -0.39 is 12.1 Å². The molecule has 0 saturated heterocycles. The third kappa shape index (κ3) is 2.87. The summed E-state index contributed by atoms with van der Waals surface area (Å²) in [5.41, 5.74) is 3.43. The van der Waals surface area contributed by atoms with Crippen LogP contribution in [0.4, 0.5) is 13.2 Å². The molecule has 1 aliphatic rings. The summed E-state index contributed by atoms with van der Waals surface area (Å²) < 4.78 is 43.2. The topological polar surface area (TPSA) is 51.2 Å². The average molecular weight is 262 g/mol. The predicted octanol–water partition coefficient (Wildman–Crippen LogP) is 3.15. The molecule has 3 atom stereocenters. The van der Waals surface area contributed by atoms with E-state index >= 15 is 0 Å². The van der Waals surface area contributed by atoms with Crippen molar-refractivity contribution < 1.29 is 17.6 Å². The van der Waals surface area contributed by atoms with Crippen LogP contribution in [0.3, 0.4) is 0 Å². The van der Waals surface area contributed by atoms with E-state index in [4.69, 9.17) is 10.3 Å². The molecule has 1 aromatic rings. The van der Waals surface area contributed by atoms with Crippen molar-refractivity contribution in [1.82, 2.24) is 5.43 Å². The maximum absolute atomic E-state index is 12.8. The van der Waals surface area contributed by atoms with Crippen LogP contribution in [0.5, 0.6) is 0 Å². The van der Waals surface area contributed by atoms with Gasteiger partial charge in [0, 0.05) is 5.56 Å². The summed E-state index contributed by atoms with van der Waals surface area (Å²) in [7, 11) is 0. The van der Waals surface area contributed by atoms with Gasteiger partial charge < -0.3 is 4.42 Å². The maximum Gasteiger partial charge on any atom is 0.391 e. The van der Waals surface area contributed by atoms with Crippen molar-refractivity contribution in [3.8, 4) is 0 Å². The lowest BCUT2D eigenvalue weighted by Gasteiger charge is -2.34. The summed E-state index contributed by atoms with van der Waals surface area (Å²) in [6.07, 6.45) is 0.628. The lowest BCUT2D eigenvalue weighted by molar-refractivity contribution is -0.186. The third-order valence-corrected chi connectivity index (χ3v) is 3.73. The van der Waals surface area contributed by atoms with Gasteiger partial charge in [-0.3, -0.25) is 11.3 Å². The van der Waals surface area contributed by atoms with E-state index in [1.165, 1.54) is 12.5 Å². The molecule has 0 spiro atoms. The van der Waals surface area contributed by atoms with Gasteiger partial charge in [-0.2, -0.15) is 13.2 Å². The van der Waals surface area contributed by atoms with Crippen molar-refractivity contribution in [2.45, 2.75) is 37.9 Å². The number of halogens is 3. The van der Waals surface area contributed by atoms with E-state index in [0.717, 1.165) is 12.0 Å². The van der Waals surface area contributed by atoms with Crippen LogP contribution in [0.15, 0.2) is 23.0 Å². The van der Waals surface area contributed by atoms with E-state index in [2.05, 4.69) is 5.43 Å². The Morgan fingerprint density at radius 2 is 2.17 bits per heavy atom. The molecule has 102 valence electrons. The van der Waals surface area contributed by atoms with E-state index in [-0.39, 0.29) is 24.8 Å². The zero-order chi connectivity index (χ0) is 13.2. The Balaban J connectivity index is 2.08. The number of alkyl halides is 3. The largest absolute Gasteiger partial charge is 0.472 e. The van der Waals surface area contributed by atoms with Crippen LogP contribution >= 0.6 is 0 Å². The van der Waals surface area contributed by atoms with Crippen LogP contribution in [0, 0.1) is 11.8 Å². The highest BCUT2D eigenvalue weighted by Crippen LogP contribution is 2.43.